The predicted octanol–water partition coefficient (Wildman–Crippen LogP) is 6.56. The molecule has 0 atom stereocenters. The van der Waals surface area contributed by atoms with Gasteiger partial charge < -0.3 is 9.64 Å². The van der Waals surface area contributed by atoms with Crippen molar-refractivity contribution in [2.45, 2.75) is 32.4 Å². The van der Waals surface area contributed by atoms with Gasteiger partial charge in [0.1, 0.15) is 5.75 Å². The molecule has 0 aliphatic rings. The Balaban J connectivity index is 1.83. The van der Waals surface area contributed by atoms with Crippen LogP contribution in [0.4, 0.5) is 24.0 Å². The molecule has 0 amide bonds. The van der Waals surface area contributed by atoms with E-state index in [0.717, 1.165) is 36.6 Å². The molecule has 2 heterocycles. The predicted molar refractivity (Wildman–Crippen MR) is 110 cm³/mol. The van der Waals surface area contributed by atoms with E-state index in [0.29, 0.717) is 10.8 Å². The van der Waals surface area contributed by atoms with Gasteiger partial charge in [0.05, 0.1) is 17.9 Å². The lowest BCUT2D eigenvalue weighted by atomic mass is 10.1. The molecule has 1 aromatic carbocycles. The van der Waals surface area contributed by atoms with E-state index in [1.54, 1.807) is 30.4 Å². The van der Waals surface area contributed by atoms with Crippen molar-refractivity contribution in [3.8, 4) is 17.0 Å². The summed E-state index contributed by atoms with van der Waals surface area (Å²) in [6.07, 6.45) is 1.50. The van der Waals surface area contributed by atoms with E-state index in [1.807, 2.05) is 24.4 Å². The Morgan fingerprint density at radius 2 is 2.00 bits per heavy atom. The molecule has 3 aromatic rings. The molecule has 0 saturated heterocycles. The van der Waals surface area contributed by atoms with Crippen LogP contribution in [0.15, 0.2) is 48.1 Å². The van der Waals surface area contributed by atoms with Gasteiger partial charge in [-0.15, -0.1) is 11.3 Å². The topological polar surface area (TPSA) is 38.2 Å². The highest BCUT2D eigenvalue weighted by atomic mass is 32.1. The van der Waals surface area contributed by atoms with Crippen LogP contribution in [0.25, 0.3) is 11.3 Å². The van der Waals surface area contributed by atoms with E-state index in [4.69, 9.17) is 4.74 Å². The zero-order valence-corrected chi connectivity index (χ0v) is 17.1. The van der Waals surface area contributed by atoms with Crippen molar-refractivity contribution < 1.29 is 17.9 Å². The van der Waals surface area contributed by atoms with E-state index in [-0.39, 0.29) is 12.4 Å². The third-order valence-corrected chi connectivity index (χ3v) is 5.31. The van der Waals surface area contributed by atoms with Crippen LogP contribution in [0.2, 0.25) is 0 Å². The number of unbranched alkanes of at least 4 members (excludes halogenated alkanes) is 2. The second-order valence-corrected chi connectivity index (χ2v) is 7.39. The monoisotopic (exact) mass is 421 g/mol. The van der Waals surface area contributed by atoms with E-state index in [9.17, 15) is 13.2 Å². The Morgan fingerprint density at radius 1 is 1.17 bits per heavy atom. The lowest BCUT2D eigenvalue weighted by Crippen LogP contribution is -2.13. The van der Waals surface area contributed by atoms with Crippen molar-refractivity contribution in [3.63, 3.8) is 0 Å². The lowest BCUT2D eigenvalue weighted by Gasteiger charge is -2.20. The minimum Gasteiger partial charge on any atom is -0.493 e. The second-order valence-electron chi connectivity index (χ2n) is 6.55. The summed E-state index contributed by atoms with van der Waals surface area (Å²) in [6.45, 7) is 2.30. The van der Waals surface area contributed by atoms with Gasteiger partial charge in [0, 0.05) is 36.1 Å². The Bertz CT molecular complexity index is 928. The molecule has 8 heteroatoms. The smallest absolute Gasteiger partial charge is 0.420 e. The van der Waals surface area contributed by atoms with Crippen LogP contribution in [-0.2, 0) is 6.18 Å². The molecule has 2 aromatic heterocycles. The first-order valence-corrected chi connectivity index (χ1v) is 10.2. The molecular formula is C21H22F3N3OS. The summed E-state index contributed by atoms with van der Waals surface area (Å²) in [6, 6.07) is 7.82. The van der Waals surface area contributed by atoms with Crippen LogP contribution < -0.4 is 9.64 Å². The van der Waals surface area contributed by atoms with E-state index < -0.39 is 11.7 Å². The second kappa shape index (κ2) is 9.26. The maximum absolute atomic E-state index is 13.6. The third-order valence-electron chi connectivity index (χ3n) is 4.40. The van der Waals surface area contributed by atoms with Gasteiger partial charge in [-0.3, -0.25) is 4.98 Å². The van der Waals surface area contributed by atoms with Gasteiger partial charge in [0.2, 0.25) is 0 Å². The Kier molecular flexibility index (Phi) is 6.74. The van der Waals surface area contributed by atoms with Crippen LogP contribution in [0.3, 0.4) is 0 Å². The number of nitrogens with zero attached hydrogens (tertiary/aromatic N) is 3. The maximum Gasteiger partial charge on any atom is 0.420 e. The summed E-state index contributed by atoms with van der Waals surface area (Å²) >= 11 is 1.36. The number of halogens is 3. The van der Waals surface area contributed by atoms with Gasteiger partial charge in [-0.05, 0) is 36.8 Å². The first kappa shape index (κ1) is 21.1. The number of hydrogen-bond donors (Lipinski definition) is 0. The molecular weight excluding hydrogens is 399 g/mol. The molecule has 0 radical (unpaired) electrons. The summed E-state index contributed by atoms with van der Waals surface area (Å²) in [5.74, 6) is -0.138. The van der Waals surface area contributed by atoms with Gasteiger partial charge in [-0.25, -0.2) is 4.98 Å². The van der Waals surface area contributed by atoms with E-state index in [2.05, 4.69) is 9.97 Å². The zero-order valence-electron chi connectivity index (χ0n) is 16.2. The quantitative estimate of drug-likeness (QED) is 0.386. The number of thiazole rings is 1. The number of anilines is 2. The minimum absolute atomic E-state index is 0.138. The number of ether oxygens (including phenoxy) is 1. The molecule has 0 unspecified atom stereocenters. The number of aromatic nitrogens is 2. The Hall–Kier alpha value is -2.61. The van der Waals surface area contributed by atoms with Crippen molar-refractivity contribution >= 4 is 22.2 Å². The number of alkyl halides is 3. The Labute approximate surface area is 172 Å². The Morgan fingerprint density at radius 3 is 2.69 bits per heavy atom. The van der Waals surface area contributed by atoms with Gasteiger partial charge >= 0.3 is 6.18 Å². The molecule has 0 fully saturated rings. The normalized spacial score (nSPS) is 11.5. The van der Waals surface area contributed by atoms with Gasteiger partial charge in [-0.2, -0.15) is 13.2 Å². The molecule has 0 aliphatic carbocycles. The summed E-state index contributed by atoms with van der Waals surface area (Å²) in [5, 5.41) is 2.45. The lowest BCUT2D eigenvalue weighted by molar-refractivity contribution is -0.138. The summed E-state index contributed by atoms with van der Waals surface area (Å²) in [5.41, 5.74) is 1.21. The highest BCUT2D eigenvalue weighted by Crippen LogP contribution is 2.40. The van der Waals surface area contributed by atoms with Crippen molar-refractivity contribution in [2.75, 3.05) is 18.6 Å². The zero-order chi connectivity index (χ0) is 20.9. The van der Waals surface area contributed by atoms with Crippen LogP contribution in [0, 0.1) is 0 Å². The van der Waals surface area contributed by atoms with Crippen molar-refractivity contribution in [1.82, 2.24) is 9.97 Å². The highest BCUT2D eigenvalue weighted by Gasteiger charge is 2.35. The largest absolute Gasteiger partial charge is 0.493 e. The number of benzene rings is 1. The molecule has 0 spiro atoms. The molecule has 0 N–H and O–H groups in total. The average Bonchev–Trinajstić information content (AvgIpc) is 3.21. The number of rotatable bonds is 8. The molecule has 4 nitrogen and oxygen atoms in total. The summed E-state index contributed by atoms with van der Waals surface area (Å²) < 4.78 is 46.1. The number of hydrogen-bond acceptors (Lipinski definition) is 5. The average molecular weight is 421 g/mol. The first-order valence-electron chi connectivity index (χ1n) is 9.34. The van der Waals surface area contributed by atoms with Gasteiger partial charge in [-0.1, -0.05) is 19.8 Å². The first-order chi connectivity index (χ1) is 13.9. The summed E-state index contributed by atoms with van der Waals surface area (Å²) in [4.78, 5) is 10.2. The fourth-order valence-electron chi connectivity index (χ4n) is 2.78. The van der Waals surface area contributed by atoms with Gasteiger partial charge in [0.15, 0.2) is 5.13 Å². The van der Waals surface area contributed by atoms with Crippen LogP contribution in [0.5, 0.6) is 5.75 Å². The molecule has 154 valence electrons. The van der Waals surface area contributed by atoms with Crippen LogP contribution in [0.1, 0.15) is 31.7 Å². The molecule has 0 aliphatic heterocycles. The molecule has 3 rings (SSSR count). The van der Waals surface area contributed by atoms with Crippen molar-refractivity contribution in [1.29, 1.82) is 0 Å². The third kappa shape index (κ3) is 5.26. The highest BCUT2D eigenvalue weighted by molar-refractivity contribution is 7.14. The van der Waals surface area contributed by atoms with E-state index in [1.165, 1.54) is 17.4 Å². The maximum atomic E-state index is 13.6. The van der Waals surface area contributed by atoms with Gasteiger partial charge in [0.25, 0.3) is 0 Å². The van der Waals surface area contributed by atoms with Crippen LogP contribution >= 0.6 is 11.3 Å². The molecule has 0 bridgehead atoms. The molecule has 29 heavy (non-hydrogen) atoms. The molecule has 0 saturated carbocycles. The summed E-state index contributed by atoms with van der Waals surface area (Å²) in [7, 11) is 1.70. The SMILES string of the molecule is CCCCCOc1ccc(N(C)c2nc(-c3cccnc3)cs2)cc1C(F)(F)F. The fraction of sp³-hybridized carbons (Fsp3) is 0.333. The standard InChI is InChI=1S/C21H22F3N3OS/c1-3-4-5-11-28-19-9-8-16(12-17(19)21(22,23)24)27(2)20-26-18(14-29-20)15-7-6-10-25-13-15/h6-10,12-14H,3-5,11H2,1-2H3. The van der Waals surface area contributed by atoms with Crippen LogP contribution in [-0.4, -0.2) is 23.6 Å². The van der Waals surface area contributed by atoms with Crippen molar-refractivity contribution in [3.05, 3.63) is 53.7 Å². The fourth-order valence-corrected chi connectivity index (χ4v) is 3.60. The van der Waals surface area contributed by atoms with E-state index >= 15 is 0 Å². The minimum atomic E-state index is -4.50. The number of pyridine rings is 1. The van der Waals surface area contributed by atoms with Crippen molar-refractivity contribution in [2.24, 2.45) is 0 Å².